The number of benzene rings is 1. The average molecular weight is 227 g/mol. The van der Waals surface area contributed by atoms with Crippen molar-refractivity contribution >= 4 is 5.70 Å². The summed E-state index contributed by atoms with van der Waals surface area (Å²) in [6.07, 6.45) is 2.14. The highest BCUT2D eigenvalue weighted by Gasteiger charge is 2.21. The molecule has 0 unspecified atom stereocenters. The average Bonchev–Trinajstić information content (AvgIpc) is 2.34. The van der Waals surface area contributed by atoms with Crippen molar-refractivity contribution < 1.29 is 4.84 Å². The van der Waals surface area contributed by atoms with E-state index in [9.17, 15) is 0 Å². The Morgan fingerprint density at radius 3 is 2.35 bits per heavy atom. The Kier molecular flexibility index (Phi) is 3.16. The van der Waals surface area contributed by atoms with E-state index in [-0.39, 0.29) is 0 Å². The van der Waals surface area contributed by atoms with Gasteiger partial charge in [-0.05, 0) is 25.0 Å². The number of hydrogen-bond donors (Lipinski definition) is 0. The van der Waals surface area contributed by atoms with Crippen LogP contribution in [0, 0.1) is 0 Å². The molecule has 2 rings (SSSR count). The highest BCUT2D eigenvalue weighted by molar-refractivity contribution is 5.73. The second-order valence-corrected chi connectivity index (χ2v) is 4.15. The van der Waals surface area contributed by atoms with Crippen molar-refractivity contribution in [3.63, 3.8) is 0 Å². The molecule has 2 heteroatoms. The van der Waals surface area contributed by atoms with E-state index in [1.54, 1.807) is 12.2 Å². The van der Waals surface area contributed by atoms with E-state index in [1.807, 2.05) is 25.1 Å². The van der Waals surface area contributed by atoms with Crippen LogP contribution in [0.1, 0.15) is 19.4 Å². The van der Waals surface area contributed by atoms with Crippen molar-refractivity contribution in [2.75, 3.05) is 7.11 Å². The number of rotatable bonds is 2. The lowest BCUT2D eigenvalue weighted by Crippen LogP contribution is -2.24. The smallest absolute Gasteiger partial charge is 0.0796 e. The van der Waals surface area contributed by atoms with Gasteiger partial charge in [-0.3, -0.25) is 4.84 Å². The Labute approximate surface area is 102 Å². The first-order valence-electron chi connectivity index (χ1n) is 5.63. The maximum absolute atomic E-state index is 5.45. The van der Waals surface area contributed by atoms with Crippen molar-refractivity contribution in [1.82, 2.24) is 5.06 Å². The van der Waals surface area contributed by atoms with Gasteiger partial charge in [-0.25, -0.2) is 5.06 Å². The summed E-state index contributed by atoms with van der Waals surface area (Å²) in [5, 5.41) is 1.79. The Morgan fingerprint density at radius 2 is 1.76 bits per heavy atom. The van der Waals surface area contributed by atoms with Crippen LogP contribution in [0.15, 0.2) is 59.8 Å². The van der Waals surface area contributed by atoms with Gasteiger partial charge in [-0.2, -0.15) is 0 Å². The first-order chi connectivity index (χ1) is 8.15. The largest absolute Gasteiger partial charge is 0.272 e. The second-order valence-electron chi connectivity index (χ2n) is 4.15. The summed E-state index contributed by atoms with van der Waals surface area (Å²) < 4.78 is 0. The maximum Gasteiger partial charge on any atom is 0.0796 e. The minimum absolute atomic E-state index is 0.886. The van der Waals surface area contributed by atoms with Crippen molar-refractivity contribution in [2.45, 2.75) is 13.8 Å². The quantitative estimate of drug-likeness (QED) is 0.762. The summed E-state index contributed by atoms with van der Waals surface area (Å²) in [6.45, 7) is 8.19. The van der Waals surface area contributed by atoms with E-state index in [0.29, 0.717) is 0 Å². The molecule has 0 fully saturated rings. The molecule has 1 aromatic carbocycles. The van der Waals surface area contributed by atoms with Crippen LogP contribution in [0.4, 0.5) is 0 Å². The van der Waals surface area contributed by atoms with Gasteiger partial charge in [-0.1, -0.05) is 43.0 Å². The molecule has 1 heterocycles. The van der Waals surface area contributed by atoms with Crippen molar-refractivity contribution in [3.8, 4) is 0 Å². The lowest BCUT2D eigenvalue weighted by molar-refractivity contribution is -0.0432. The summed E-state index contributed by atoms with van der Waals surface area (Å²) in [7, 11) is 1.67. The molecule has 0 atom stereocenters. The molecule has 0 saturated carbocycles. The molecule has 0 aliphatic carbocycles. The Hall–Kier alpha value is -1.80. The predicted octanol–water partition coefficient (Wildman–Crippen LogP) is 3.75. The number of hydroxylamine groups is 2. The minimum atomic E-state index is 0.886. The second kappa shape index (κ2) is 4.60. The molecule has 0 amide bonds. The number of nitrogens with zero attached hydrogens (tertiary/aromatic N) is 1. The Morgan fingerprint density at radius 1 is 1.12 bits per heavy atom. The fraction of sp³-hybridized carbons (Fsp3) is 0.200. The zero-order chi connectivity index (χ0) is 12.4. The molecular weight excluding hydrogens is 210 g/mol. The molecule has 1 aliphatic heterocycles. The van der Waals surface area contributed by atoms with Crippen LogP contribution in [0.2, 0.25) is 0 Å². The molecule has 2 nitrogen and oxygen atoms in total. The summed E-state index contributed by atoms with van der Waals surface area (Å²) in [4.78, 5) is 5.45. The molecule has 17 heavy (non-hydrogen) atoms. The van der Waals surface area contributed by atoms with E-state index in [0.717, 1.165) is 22.5 Å². The fourth-order valence-electron chi connectivity index (χ4n) is 2.07. The lowest BCUT2D eigenvalue weighted by atomic mass is 9.99. The third-order valence-electron chi connectivity index (χ3n) is 2.94. The van der Waals surface area contributed by atoms with Crippen molar-refractivity contribution in [1.29, 1.82) is 0 Å². The van der Waals surface area contributed by atoms with Crippen LogP contribution in [0.25, 0.3) is 5.70 Å². The van der Waals surface area contributed by atoms with Gasteiger partial charge in [0, 0.05) is 5.56 Å². The monoisotopic (exact) mass is 227 g/mol. The Balaban J connectivity index is 2.56. The Bertz CT molecular complexity index is 497. The molecule has 1 aliphatic rings. The number of allylic oxidation sites excluding steroid dienone is 3. The maximum atomic E-state index is 5.45. The van der Waals surface area contributed by atoms with Gasteiger partial charge in [0.15, 0.2) is 0 Å². The topological polar surface area (TPSA) is 12.5 Å². The summed E-state index contributed by atoms with van der Waals surface area (Å²) in [5.74, 6) is 0. The first-order valence-corrected chi connectivity index (χ1v) is 5.63. The molecule has 1 aromatic rings. The molecule has 0 spiro atoms. The van der Waals surface area contributed by atoms with E-state index >= 15 is 0 Å². The highest BCUT2D eigenvalue weighted by atomic mass is 16.7. The molecule has 0 radical (unpaired) electrons. The third-order valence-corrected chi connectivity index (χ3v) is 2.94. The van der Waals surface area contributed by atoms with Crippen molar-refractivity contribution in [2.24, 2.45) is 0 Å². The lowest BCUT2D eigenvalue weighted by Gasteiger charge is -2.31. The first kappa shape index (κ1) is 11.7. The van der Waals surface area contributed by atoms with Gasteiger partial charge in [0.2, 0.25) is 0 Å². The van der Waals surface area contributed by atoms with Crippen LogP contribution in [-0.4, -0.2) is 12.2 Å². The molecule has 0 bridgehead atoms. The molecule has 0 aromatic heterocycles. The van der Waals surface area contributed by atoms with Gasteiger partial charge < -0.3 is 0 Å². The van der Waals surface area contributed by atoms with Gasteiger partial charge in [0.25, 0.3) is 0 Å². The fourth-order valence-corrected chi connectivity index (χ4v) is 2.07. The van der Waals surface area contributed by atoms with Crippen molar-refractivity contribution in [3.05, 3.63) is 65.4 Å². The summed E-state index contributed by atoms with van der Waals surface area (Å²) >= 11 is 0. The number of hydrogen-bond acceptors (Lipinski definition) is 2. The van der Waals surface area contributed by atoms with E-state index < -0.39 is 0 Å². The molecular formula is C15H17NO. The standard InChI is InChI=1S/C15H17NO/c1-11-10-12(2)15(16(17-4)13(11)3)14-8-6-5-7-9-14/h5-10H,3H2,1-2,4H3. The van der Waals surface area contributed by atoms with Gasteiger partial charge in [0.1, 0.15) is 0 Å². The zero-order valence-electron chi connectivity index (χ0n) is 10.5. The van der Waals surface area contributed by atoms with Crippen LogP contribution >= 0.6 is 0 Å². The molecule has 0 N–H and O–H groups in total. The SMILES string of the molecule is C=C1C(C)=CC(C)=C(c2ccccc2)N1OC. The summed E-state index contributed by atoms with van der Waals surface area (Å²) in [5.41, 5.74) is 5.39. The van der Waals surface area contributed by atoms with E-state index in [1.165, 1.54) is 5.57 Å². The minimum Gasteiger partial charge on any atom is -0.272 e. The van der Waals surface area contributed by atoms with E-state index in [4.69, 9.17) is 4.84 Å². The van der Waals surface area contributed by atoms with Gasteiger partial charge >= 0.3 is 0 Å². The van der Waals surface area contributed by atoms with Crippen LogP contribution in [0.3, 0.4) is 0 Å². The molecule has 88 valence electrons. The highest BCUT2D eigenvalue weighted by Crippen LogP contribution is 2.34. The molecule has 0 saturated heterocycles. The zero-order valence-corrected chi connectivity index (χ0v) is 10.5. The normalized spacial score (nSPS) is 16.3. The van der Waals surface area contributed by atoms with Gasteiger partial charge in [-0.15, -0.1) is 0 Å². The third kappa shape index (κ3) is 2.04. The van der Waals surface area contributed by atoms with Crippen LogP contribution < -0.4 is 0 Å². The summed E-state index contributed by atoms with van der Waals surface area (Å²) in [6, 6.07) is 10.2. The van der Waals surface area contributed by atoms with Gasteiger partial charge in [0.05, 0.1) is 18.5 Å². The van der Waals surface area contributed by atoms with E-state index in [2.05, 4.69) is 31.7 Å². The predicted molar refractivity (Wildman–Crippen MR) is 70.8 cm³/mol. The van der Waals surface area contributed by atoms with Crippen LogP contribution in [-0.2, 0) is 4.84 Å². The van der Waals surface area contributed by atoms with Crippen LogP contribution in [0.5, 0.6) is 0 Å².